The minimum atomic E-state index is -0.0266. The minimum absolute atomic E-state index is 0.0266. The summed E-state index contributed by atoms with van der Waals surface area (Å²) in [6, 6.07) is 6.74. The van der Waals surface area contributed by atoms with Gasteiger partial charge in [0.1, 0.15) is 6.10 Å². The third-order valence-corrected chi connectivity index (χ3v) is 3.15. The molecule has 1 unspecified atom stereocenters. The van der Waals surface area contributed by atoms with Gasteiger partial charge in [-0.3, -0.25) is 0 Å². The number of para-hydroxylation sites is 1. The number of ether oxygens (including phenoxy) is 2. The van der Waals surface area contributed by atoms with Crippen molar-refractivity contribution >= 4 is 0 Å². The maximum Gasteiger partial charge on any atom is 0.166 e. The minimum Gasteiger partial charge on any atom is -0.490 e. The Morgan fingerprint density at radius 1 is 1.47 bits per heavy atom. The van der Waals surface area contributed by atoms with Crippen LogP contribution in [-0.4, -0.2) is 18.8 Å². The van der Waals surface area contributed by atoms with Gasteiger partial charge in [0.15, 0.2) is 11.5 Å². The zero-order valence-corrected chi connectivity index (χ0v) is 11.8. The summed E-state index contributed by atoms with van der Waals surface area (Å²) >= 11 is 0. The predicted octanol–water partition coefficient (Wildman–Crippen LogP) is 3.29. The monoisotopic (exact) mass is 261 g/mol. The number of rotatable bonds is 8. The van der Waals surface area contributed by atoms with Gasteiger partial charge in [0.2, 0.25) is 0 Å². The molecule has 0 heterocycles. The Morgan fingerprint density at radius 3 is 2.89 bits per heavy atom. The lowest BCUT2D eigenvalue weighted by molar-refractivity contribution is 0.242. The molecule has 0 aromatic heterocycles. The molecule has 3 heteroatoms. The van der Waals surface area contributed by atoms with Crippen molar-refractivity contribution in [3.8, 4) is 11.5 Å². The van der Waals surface area contributed by atoms with E-state index in [9.17, 15) is 0 Å². The highest BCUT2D eigenvalue weighted by molar-refractivity contribution is 5.47. The quantitative estimate of drug-likeness (QED) is 0.728. The molecule has 0 spiro atoms. The fraction of sp³-hybridized carbons (Fsp3) is 0.500. The third kappa shape index (κ3) is 4.00. The lowest BCUT2D eigenvalue weighted by Crippen LogP contribution is -2.18. The fourth-order valence-electron chi connectivity index (χ4n) is 1.88. The van der Waals surface area contributed by atoms with Crippen LogP contribution in [0.4, 0.5) is 0 Å². The van der Waals surface area contributed by atoms with Crippen LogP contribution in [-0.2, 0) is 6.54 Å². The van der Waals surface area contributed by atoms with E-state index >= 15 is 0 Å². The van der Waals surface area contributed by atoms with E-state index in [1.807, 2.05) is 26.0 Å². The van der Waals surface area contributed by atoms with Crippen molar-refractivity contribution < 1.29 is 9.47 Å². The summed E-state index contributed by atoms with van der Waals surface area (Å²) in [6.07, 6.45) is 4.33. The lowest BCUT2D eigenvalue weighted by atomic mass is 10.1. The van der Waals surface area contributed by atoms with Crippen molar-refractivity contribution in [1.29, 1.82) is 0 Å². The van der Waals surface area contributed by atoms with Crippen LogP contribution in [0.3, 0.4) is 0 Å². The second-order valence-electron chi connectivity index (χ2n) is 4.89. The molecule has 104 valence electrons. The van der Waals surface area contributed by atoms with Crippen LogP contribution in [0.2, 0.25) is 0 Å². The molecule has 1 fully saturated rings. The zero-order chi connectivity index (χ0) is 13.7. The number of hydrogen-bond acceptors (Lipinski definition) is 3. The van der Waals surface area contributed by atoms with Gasteiger partial charge < -0.3 is 14.8 Å². The molecule has 0 aliphatic heterocycles. The molecule has 3 nitrogen and oxygen atoms in total. The Bertz CT molecular complexity index is 427. The normalized spacial score (nSPS) is 15.9. The van der Waals surface area contributed by atoms with E-state index in [1.54, 1.807) is 6.08 Å². The Hall–Kier alpha value is -1.48. The van der Waals surface area contributed by atoms with E-state index in [4.69, 9.17) is 9.47 Å². The van der Waals surface area contributed by atoms with Gasteiger partial charge in [-0.15, -0.1) is 0 Å². The molecule has 1 aliphatic carbocycles. The molecule has 0 saturated heterocycles. The van der Waals surface area contributed by atoms with Crippen LogP contribution >= 0.6 is 0 Å². The first-order valence-electron chi connectivity index (χ1n) is 7.01. The highest BCUT2D eigenvalue weighted by atomic mass is 16.5. The van der Waals surface area contributed by atoms with E-state index in [-0.39, 0.29) is 6.10 Å². The van der Waals surface area contributed by atoms with E-state index in [2.05, 4.69) is 18.0 Å². The van der Waals surface area contributed by atoms with Gasteiger partial charge in [-0.2, -0.15) is 0 Å². The van der Waals surface area contributed by atoms with Crippen LogP contribution in [0, 0.1) is 0 Å². The van der Waals surface area contributed by atoms with Crippen molar-refractivity contribution in [3.63, 3.8) is 0 Å². The summed E-state index contributed by atoms with van der Waals surface area (Å²) in [4.78, 5) is 0. The van der Waals surface area contributed by atoms with Crippen LogP contribution in [0.15, 0.2) is 30.9 Å². The molecule has 0 bridgehead atoms. The predicted molar refractivity (Wildman–Crippen MR) is 77.8 cm³/mol. The van der Waals surface area contributed by atoms with Gasteiger partial charge >= 0.3 is 0 Å². The Morgan fingerprint density at radius 2 is 2.26 bits per heavy atom. The van der Waals surface area contributed by atoms with Gasteiger partial charge in [0, 0.05) is 18.2 Å². The first-order valence-corrected chi connectivity index (χ1v) is 7.01. The smallest absolute Gasteiger partial charge is 0.166 e. The van der Waals surface area contributed by atoms with Gasteiger partial charge in [0.25, 0.3) is 0 Å². The van der Waals surface area contributed by atoms with E-state index in [0.29, 0.717) is 12.6 Å². The van der Waals surface area contributed by atoms with Gasteiger partial charge in [0.05, 0.1) is 6.61 Å². The van der Waals surface area contributed by atoms with Crippen LogP contribution in [0.1, 0.15) is 32.3 Å². The van der Waals surface area contributed by atoms with Crippen LogP contribution in [0.5, 0.6) is 11.5 Å². The summed E-state index contributed by atoms with van der Waals surface area (Å²) in [5.74, 6) is 1.65. The molecule has 19 heavy (non-hydrogen) atoms. The number of hydrogen-bond donors (Lipinski definition) is 1. The van der Waals surface area contributed by atoms with Crippen molar-refractivity contribution in [2.75, 3.05) is 6.61 Å². The molecule has 1 saturated carbocycles. The Balaban J connectivity index is 2.16. The number of nitrogens with one attached hydrogen (secondary N) is 1. The zero-order valence-electron chi connectivity index (χ0n) is 11.8. The highest BCUT2D eigenvalue weighted by Gasteiger charge is 2.21. The summed E-state index contributed by atoms with van der Waals surface area (Å²) in [6.45, 7) is 9.19. The average molecular weight is 261 g/mol. The lowest BCUT2D eigenvalue weighted by Gasteiger charge is -2.18. The topological polar surface area (TPSA) is 30.5 Å². The molecule has 0 radical (unpaired) electrons. The van der Waals surface area contributed by atoms with Crippen LogP contribution in [0.25, 0.3) is 0 Å². The molecular weight excluding hydrogens is 238 g/mol. The molecule has 1 atom stereocenters. The van der Waals surface area contributed by atoms with Crippen molar-refractivity contribution in [3.05, 3.63) is 36.4 Å². The third-order valence-electron chi connectivity index (χ3n) is 3.15. The van der Waals surface area contributed by atoms with E-state index in [1.165, 1.54) is 12.8 Å². The second-order valence-corrected chi connectivity index (χ2v) is 4.89. The average Bonchev–Trinajstić information content (AvgIpc) is 3.23. The first-order chi connectivity index (χ1) is 9.24. The summed E-state index contributed by atoms with van der Waals surface area (Å²) in [5.41, 5.74) is 1.14. The summed E-state index contributed by atoms with van der Waals surface area (Å²) < 4.78 is 11.6. The van der Waals surface area contributed by atoms with E-state index < -0.39 is 0 Å². The van der Waals surface area contributed by atoms with Crippen molar-refractivity contribution in [1.82, 2.24) is 5.32 Å². The van der Waals surface area contributed by atoms with Crippen molar-refractivity contribution in [2.24, 2.45) is 0 Å². The van der Waals surface area contributed by atoms with E-state index in [0.717, 1.165) is 23.6 Å². The standard InChI is InChI=1S/C16H23NO2/c1-4-12(3)19-16-13(11-17-14-9-10-14)7-6-8-15(16)18-5-2/h4,6-8,12,14,17H,1,5,9-11H2,2-3H3. The van der Waals surface area contributed by atoms with Crippen molar-refractivity contribution in [2.45, 2.75) is 45.4 Å². The maximum atomic E-state index is 5.95. The highest BCUT2D eigenvalue weighted by Crippen LogP contribution is 2.33. The fourth-order valence-corrected chi connectivity index (χ4v) is 1.88. The molecule has 1 aromatic rings. The SMILES string of the molecule is C=CC(C)Oc1c(CNC2CC2)cccc1OCC. The molecular formula is C16H23NO2. The maximum absolute atomic E-state index is 5.95. The summed E-state index contributed by atoms with van der Waals surface area (Å²) in [7, 11) is 0. The largest absolute Gasteiger partial charge is 0.490 e. The van der Waals surface area contributed by atoms with Crippen LogP contribution < -0.4 is 14.8 Å². The Kier molecular flexibility index (Phi) is 4.86. The molecule has 0 amide bonds. The molecule has 1 N–H and O–H groups in total. The second kappa shape index (κ2) is 6.62. The van der Waals surface area contributed by atoms with Gasteiger partial charge in [-0.25, -0.2) is 0 Å². The molecule has 2 rings (SSSR count). The summed E-state index contributed by atoms with van der Waals surface area (Å²) in [5, 5.41) is 3.51. The van der Waals surface area contributed by atoms with Gasteiger partial charge in [-0.1, -0.05) is 24.8 Å². The van der Waals surface area contributed by atoms with Gasteiger partial charge in [-0.05, 0) is 32.8 Å². The number of benzene rings is 1. The molecule has 1 aromatic carbocycles. The first kappa shape index (κ1) is 13.9. The molecule has 1 aliphatic rings. The Labute approximate surface area is 115 Å².